The third-order valence-corrected chi connectivity index (χ3v) is 3.49. The van der Waals surface area contributed by atoms with E-state index in [0.717, 1.165) is 24.9 Å². The van der Waals surface area contributed by atoms with Gasteiger partial charge in [-0.1, -0.05) is 0 Å². The fourth-order valence-corrected chi connectivity index (χ4v) is 2.39. The van der Waals surface area contributed by atoms with Crippen molar-refractivity contribution in [2.75, 3.05) is 20.0 Å². The molecule has 0 bridgehead atoms. The van der Waals surface area contributed by atoms with Crippen molar-refractivity contribution in [3.8, 4) is 0 Å². The lowest BCUT2D eigenvalue weighted by Crippen LogP contribution is -2.06. The van der Waals surface area contributed by atoms with Crippen molar-refractivity contribution in [2.24, 2.45) is 0 Å². The fraction of sp³-hybridized carbons (Fsp3) is 0.333. The average Bonchev–Trinajstić information content (AvgIpc) is 2.46. The zero-order chi connectivity index (χ0) is 16.0. The van der Waals surface area contributed by atoms with Gasteiger partial charge in [-0.3, -0.25) is 14.9 Å². The highest BCUT2D eigenvalue weighted by Gasteiger charge is 2.22. The molecular formula is C12H12FNO6S. The molecule has 0 saturated carbocycles. The number of carbonyl (C=O) groups excluding carboxylic acids is 2. The molecule has 114 valence electrons. The van der Waals surface area contributed by atoms with Crippen molar-refractivity contribution >= 4 is 29.4 Å². The Hall–Kier alpha value is -2.16. The summed E-state index contributed by atoms with van der Waals surface area (Å²) < 4.78 is 22.5. The first-order valence-corrected chi connectivity index (χ1v) is 6.65. The van der Waals surface area contributed by atoms with Gasteiger partial charge in [0.15, 0.2) is 0 Å². The largest absolute Gasteiger partial charge is 0.469 e. The Morgan fingerprint density at radius 1 is 1.33 bits per heavy atom. The lowest BCUT2D eigenvalue weighted by atomic mass is 10.2. The molecule has 0 aromatic heterocycles. The summed E-state index contributed by atoms with van der Waals surface area (Å²) in [5, 5.41) is 10.9. The molecule has 1 rings (SSSR count). The minimum Gasteiger partial charge on any atom is -0.469 e. The van der Waals surface area contributed by atoms with Crippen molar-refractivity contribution in [2.45, 2.75) is 11.3 Å². The van der Waals surface area contributed by atoms with Crippen molar-refractivity contribution in [3.63, 3.8) is 0 Å². The molecule has 7 nitrogen and oxygen atoms in total. The van der Waals surface area contributed by atoms with Gasteiger partial charge < -0.3 is 9.47 Å². The quantitative estimate of drug-likeness (QED) is 0.343. The number of thioether (sulfide) groups is 1. The average molecular weight is 317 g/mol. The van der Waals surface area contributed by atoms with Gasteiger partial charge in [-0.05, 0) is 6.07 Å². The van der Waals surface area contributed by atoms with E-state index < -0.39 is 33.9 Å². The molecule has 0 amide bonds. The Bertz CT molecular complexity index is 577. The van der Waals surface area contributed by atoms with Gasteiger partial charge in [0.05, 0.1) is 42.1 Å². The van der Waals surface area contributed by atoms with Gasteiger partial charge in [0.2, 0.25) is 0 Å². The van der Waals surface area contributed by atoms with E-state index in [-0.39, 0.29) is 17.1 Å². The molecule has 0 aliphatic carbocycles. The van der Waals surface area contributed by atoms with Gasteiger partial charge in [-0.2, -0.15) is 0 Å². The van der Waals surface area contributed by atoms with Crippen LogP contribution in [0.3, 0.4) is 0 Å². The zero-order valence-electron chi connectivity index (χ0n) is 11.3. The number of esters is 2. The predicted octanol–water partition coefficient (Wildman–Crippen LogP) is 2.18. The third kappa shape index (κ3) is 4.42. The first kappa shape index (κ1) is 16.9. The molecule has 0 atom stereocenters. The van der Waals surface area contributed by atoms with E-state index >= 15 is 0 Å². The van der Waals surface area contributed by atoms with Crippen LogP contribution < -0.4 is 0 Å². The van der Waals surface area contributed by atoms with Gasteiger partial charge in [0, 0.05) is 5.75 Å². The standard InChI is InChI=1S/C12H12FNO6S/c1-19-11(15)3-4-21-10-5-7(12(16)20-2)8(13)6-9(10)14(17)18/h5-6H,3-4H2,1-2H3. The number of hydrogen-bond donors (Lipinski definition) is 0. The number of ether oxygens (including phenoxy) is 2. The highest BCUT2D eigenvalue weighted by atomic mass is 32.2. The highest BCUT2D eigenvalue weighted by Crippen LogP contribution is 2.32. The first-order chi connectivity index (χ1) is 9.90. The monoisotopic (exact) mass is 317 g/mol. The molecule has 0 unspecified atom stereocenters. The fourth-order valence-electron chi connectivity index (χ4n) is 1.41. The van der Waals surface area contributed by atoms with E-state index in [4.69, 9.17) is 0 Å². The molecule has 9 heteroatoms. The first-order valence-electron chi connectivity index (χ1n) is 5.66. The van der Waals surface area contributed by atoms with Crippen molar-refractivity contribution in [3.05, 3.63) is 33.6 Å². The smallest absolute Gasteiger partial charge is 0.340 e. The van der Waals surface area contributed by atoms with Crippen LogP contribution in [0.1, 0.15) is 16.8 Å². The number of nitro benzene ring substituents is 1. The molecule has 0 spiro atoms. The maximum Gasteiger partial charge on any atom is 0.340 e. The number of hydrogen-bond acceptors (Lipinski definition) is 7. The molecule has 1 aromatic carbocycles. The van der Waals surface area contributed by atoms with Crippen molar-refractivity contribution < 1.29 is 28.4 Å². The molecule has 0 N–H and O–H groups in total. The Labute approximate surface area is 123 Å². The second kappa shape index (κ2) is 7.58. The minimum absolute atomic E-state index is 0.0310. The number of nitro groups is 1. The number of carbonyl (C=O) groups is 2. The van der Waals surface area contributed by atoms with Gasteiger partial charge in [-0.15, -0.1) is 11.8 Å². The summed E-state index contributed by atoms with van der Waals surface area (Å²) in [7, 11) is 2.30. The zero-order valence-corrected chi connectivity index (χ0v) is 12.1. The maximum atomic E-state index is 13.6. The topological polar surface area (TPSA) is 95.7 Å². The lowest BCUT2D eigenvalue weighted by Gasteiger charge is -2.06. The van der Waals surface area contributed by atoms with Crippen molar-refractivity contribution in [1.29, 1.82) is 0 Å². The van der Waals surface area contributed by atoms with Crippen LogP contribution in [0.15, 0.2) is 17.0 Å². The van der Waals surface area contributed by atoms with E-state index in [9.17, 15) is 24.1 Å². The number of nitrogens with zero attached hydrogens (tertiary/aromatic N) is 1. The molecule has 0 aliphatic rings. The summed E-state index contributed by atoms with van der Waals surface area (Å²) in [6.45, 7) is 0. The summed E-state index contributed by atoms with van der Waals surface area (Å²) in [5.41, 5.74) is -0.876. The van der Waals surface area contributed by atoms with Gasteiger partial charge in [-0.25, -0.2) is 9.18 Å². The summed E-state index contributed by atoms with van der Waals surface area (Å²) in [5.74, 6) is -2.25. The molecule has 0 saturated heterocycles. The van der Waals surface area contributed by atoms with Gasteiger partial charge in [0.1, 0.15) is 5.82 Å². The third-order valence-electron chi connectivity index (χ3n) is 2.44. The van der Waals surface area contributed by atoms with Crippen LogP contribution in [0.25, 0.3) is 0 Å². The van der Waals surface area contributed by atoms with Crippen LogP contribution in [0.4, 0.5) is 10.1 Å². The number of rotatable bonds is 6. The van der Waals surface area contributed by atoms with Crippen LogP contribution in [-0.2, 0) is 14.3 Å². The molecular weight excluding hydrogens is 305 g/mol. The Balaban J connectivity index is 3.05. The van der Waals surface area contributed by atoms with Crippen LogP contribution in [-0.4, -0.2) is 36.8 Å². The van der Waals surface area contributed by atoms with E-state index in [1.807, 2.05) is 0 Å². The Morgan fingerprint density at radius 2 is 2.00 bits per heavy atom. The summed E-state index contributed by atoms with van der Waals surface area (Å²) in [6.07, 6.45) is 0.0310. The number of methoxy groups -OCH3 is 2. The molecule has 0 heterocycles. The minimum atomic E-state index is -1.04. The Morgan fingerprint density at radius 3 is 2.52 bits per heavy atom. The lowest BCUT2D eigenvalue weighted by molar-refractivity contribution is -0.387. The van der Waals surface area contributed by atoms with E-state index in [2.05, 4.69) is 9.47 Å². The summed E-state index contributed by atoms with van der Waals surface area (Å²) in [4.78, 5) is 32.6. The molecule has 1 aromatic rings. The van der Waals surface area contributed by atoms with E-state index in [0.29, 0.717) is 6.07 Å². The Kier molecular flexibility index (Phi) is 6.10. The number of benzene rings is 1. The highest BCUT2D eigenvalue weighted by molar-refractivity contribution is 7.99. The van der Waals surface area contributed by atoms with E-state index in [1.54, 1.807) is 0 Å². The SMILES string of the molecule is COC(=O)CCSc1cc(C(=O)OC)c(F)cc1[N+](=O)[O-]. The predicted molar refractivity (Wildman–Crippen MR) is 71.8 cm³/mol. The van der Waals surface area contributed by atoms with Crippen molar-refractivity contribution in [1.82, 2.24) is 0 Å². The van der Waals surface area contributed by atoms with Gasteiger partial charge in [0.25, 0.3) is 5.69 Å². The van der Waals surface area contributed by atoms with Crippen LogP contribution in [0, 0.1) is 15.9 Å². The summed E-state index contributed by atoms with van der Waals surface area (Å²) in [6, 6.07) is 1.70. The van der Waals surface area contributed by atoms with E-state index in [1.165, 1.54) is 7.11 Å². The summed E-state index contributed by atoms with van der Waals surface area (Å²) >= 11 is 0.953. The maximum absolute atomic E-state index is 13.6. The van der Waals surface area contributed by atoms with Gasteiger partial charge >= 0.3 is 11.9 Å². The molecule has 0 radical (unpaired) electrons. The van der Waals surface area contributed by atoms with Crippen LogP contribution >= 0.6 is 11.8 Å². The molecule has 0 aliphatic heterocycles. The second-order valence-corrected chi connectivity index (χ2v) is 4.86. The second-order valence-electron chi connectivity index (χ2n) is 3.72. The molecule has 21 heavy (non-hydrogen) atoms. The van der Waals surface area contributed by atoms with Crippen LogP contribution in [0.2, 0.25) is 0 Å². The molecule has 0 fully saturated rings. The number of halogens is 1. The normalized spacial score (nSPS) is 10.0. The van der Waals surface area contributed by atoms with Crippen LogP contribution in [0.5, 0.6) is 0 Å².